The molecule has 0 aromatic carbocycles. The van der Waals surface area contributed by atoms with Gasteiger partial charge in [-0.3, -0.25) is 0 Å². The molecule has 0 aromatic heterocycles. The normalized spacial score (nSPS) is 23.3. The zero-order valence-corrected chi connectivity index (χ0v) is 12.6. The second-order valence-electron chi connectivity index (χ2n) is 6.41. The predicted octanol–water partition coefficient (Wildman–Crippen LogP) is 4.45. The van der Waals surface area contributed by atoms with Gasteiger partial charge in [-0.1, -0.05) is 39.5 Å². The van der Waals surface area contributed by atoms with E-state index in [0.717, 1.165) is 27.5 Å². The first-order valence-corrected chi connectivity index (χ1v) is 8.77. The van der Waals surface area contributed by atoms with E-state index in [-0.39, 0.29) is 0 Å². The smallest absolute Gasteiger partial charge is 0.230 e. The SMILES string of the molecule is CC(C)C[Si]OC(C1CCCC1)C1CCCC1. The van der Waals surface area contributed by atoms with Crippen molar-refractivity contribution in [3.05, 3.63) is 0 Å². The predicted molar refractivity (Wildman–Crippen MR) is 74.2 cm³/mol. The van der Waals surface area contributed by atoms with Gasteiger partial charge in [-0.25, -0.2) is 0 Å². The Kier molecular flexibility index (Phi) is 5.55. The molecule has 2 rings (SSSR count). The molecule has 1 nitrogen and oxygen atoms in total. The lowest BCUT2D eigenvalue weighted by Gasteiger charge is -2.29. The Bertz CT molecular complexity index is 189. The molecule has 2 radical (unpaired) electrons. The molecule has 0 amide bonds. The van der Waals surface area contributed by atoms with Crippen LogP contribution in [0.5, 0.6) is 0 Å². The summed E-state index contributed by atoms with van der Waals surface area (Å²) >= 11 is 0. The lowest BCUT2D eigenvalue weighted by atomic mass is 9.89. The van der Waals surface area contributed by atoms with E-state index in [1.807, 2.05) is 0 Å². The van der Waals surface area contributed by atoms with Gasteiger partial charge in [0.25, 0.3) is 0 Å². The van der Waals surface area contributed by atoms with E-state index in [4.69, 9.17) is 4.43 Å². The number of hydrogen-bond acceptors (Lipinski definition) is 1. The molecular formula is C15H28OSi. The van der Waals surface area contributed by atoms with E-state index < -0.39 is 0 Å². The van der Waals surface area contributed by atoms with Gasteiger partial charge in [0, 0.05) is 0 Å². The van der Waals surface area contributed by atoms with Crippen LogP contribution >= 0.6 is 0 Å². The highest BCUT2D eigenvalue weighted by molar-refractivity contribution is 6.27. The monoisotopic (exact) mass is 252 g/mol. The zero-order valence-electron chi connectivity index (χ0n) is 11.6. The van der Waals surface area contributed by atoms with Crippen LogP contribution in [0.15, 0.2) is 0 Å². The molecule has 2 heteroatoms. The molecule has 2 aliphatic carbocycles. The van der Waals surface area contributed by atoms with E-state index in [9.17, 15) is 0 Å². The van der Waals surface area contributed by atoms with Gasteiger partial charge < -0.3 is 4.43 Å². The lowest BCUT2D eigenvalue weighted by molar-refractivity contribution is 0.0821. The van der Waals surface area contributed by atoms with Gasteiger partial charge >= 0.3 is 0 Å². The van der Waals surface area contributed by atoms with E-state index in [2.05, 4.69) is 13.8 Å². The zero-order chi connectivity index (χ0) is 12.1. The molecule has 0 aromatic rings. The maximum absolute atomic E-state index is 6.35. The Morgan fingerprint density at radius 1 is 0.941 bits per heavy atom. The molecule has 98 valence electrons. The van der Waals surface area contributed by atoms with Crippen molar-refractivity contribution in [1.82, 2.24) is 0 Å². The number of rotatable bonds is 6. The first-order chi connectivity index (χ1) is 8.27. The average molecular weight is 252 g/mol. The van der Waals surface area contributed by atoms with Crippen LogP contribution in [0.1, 0.15) is 65.2 Å². The largest absolute Gasteiger partial charge is 0.414 e. The fraction of sp³-hybridized carbons (Fsp3) is 1.00. The topological polar surface area (TPSA) is 9.23 Å². The Hall–Kier alpha value is 0.177. The third-order valence-corrected chi connectivity index (χ3v) is 5.86. The standard InChI is InChI=1S/C15H28OSi/c1-12(2)11-17-16-15(13-7-3-4-8-13)14-9-5-6-10-14/h12-15H,3-11H2,1-2H3. The highest BCUT2D eigenvalue weighted by atomic mass is 28.2. The van der Waals surface area contributed by atoms with Crippen molar-refractivity contribution < 1.29 is 4.43 Å². The van der Waals surface area contributed by atoms with Crippen molar-refractivity contribution in [2.75, 3.05) is 0 Å². The lowest BCUT2D eigenvalue weighted by Crippen LogP contribution is -2.31. The first-order valence-electron chi connectivity index (χ1n) is 7.66. The van der Waals surface area contributed by atoms with Crippen molar-refractivity contribution in [1.29, 1.82) is 0 Å². The van der Waals surface area contributed by atoms with Crippen molar-refractivity contribution in [2.45, 2.75) is 77.4 Å². The second kappa shape index (κ2) is 6.94. The van der Waals surface area contributed by atoms with Crippen LogP contribution in [0.25, 0.3) is 0 Å². The minimum Gasteiger partial charge on any atom is -0.414 e. The van der Waals surface area contributed by atoms with Crippen LogP contribution in [-0.4, -0.2) is 15.9 Å². The summed E-state index contributed by atoms with van der Waals surface area (Å²) in [6.07, 6.45) is 12.2. The molecule has 0 saturated heterocycles. The van der Waals surface area contributed by atoms with Gasteiger partial charge in [0.15, 0.2) is 0 Å². The van der Waals surface area contributed by atoms with Gasteiger partial charge in [-0.2, -0.15) is 0 Å². The van der Waals surface area contributed by atoms with Crippen molar-refractivity contribution >= 4 is 9.76 Å². The van der Waals surface area contributed by atoms with Gasteiger partial charge in [0.05, 0.1) is 6.10 Å². The molecular weight excluding hydrogens is 224 g/mol. The van der Waals surface area contributed by atoms with Gasteiger partial charge in [-0.15, -0.1) is 0 Å². The molecule has 0 bridgehead atoms. The Morgan fingerprint density at radius 2 is 1.41 bits per heavy atom. The van der Waals surface area contributed by atoms with E-state index in [1.165, 1.54) is 57.4 Å². The molecule has 0 unspecified atom stereocenters. The van der Waals surface area contributed by atoms with Crippen molar-refractivity contribution in [2.24, 2.45) is 17.8 Å². The van der Waals surface area contributed by atoms with Crippen LogP contribution in [-0.2, 0) is 4.43 Å². The van der Waals surface area contributed by atoms with Crippen LogP contribution in [0.3, 0.4) is 0 Å². The summed E-state index contributed by atoms with van der Waals surface area (Å²) in [6, 6.07) is 1.26. The summed E-state index contributed by atoms with van der Waals surface area (Å²) in [5.41, 5.74) is 0. The minimum atomic E-state index is 0.622. The van der Waals surface area contributed by atoms with E-state index in [0.29, 0.717) is 6.10 Å². The minimum absolute atomic E-state index is 0.622. The summed E-state index contributed by atoms with van der Waals surface area (Å²) in [6.45, 7) is 4.60. The highest BCUT2D eigenvalue weighted by Gasteiger charge is 2.33. The summed E-state index contributed by atoms with van der Waals surface area (Å²) in [5, 5.41) is 0. The molecule has 0 heterocycles. The molecule has 17 heavy (non-hydrogen) atoms. The quantitative estimate of drug-likeness (QED) is 0.635. The number of hydrogen-bond donors (Lipinski definition) is 0. The molecule has 2 fully saturated rings. The van der Waals surface area contributed by atoms with Crippen LogP contribution in [0.4, 0.5) is 0 Å². The Morgan fingerprint density at radius 3 is 1.82 bits per heavy atom. The van der Waals surface area contributed by atoms with E-state index >= 15 is 0 Å². The fourth-order valence-electron chi connectivity index (χ4n) is 3.46. The first kappa shape index (κ1) is 13.6. The van der Waals surface area contributed by atoms with Gasteiger partial charge in [-0.05, 0) is 49.5 Å². The second-order valence-corrected chi connectivity index (χ2v) is 7.35. The third kappa shape index (κ3) is 4.10. The Labute approximate surface area is 110 Å². The summed E-state index contributed by atoms with van der Waals surface area (Å²) in [4.78, 5) is 0. The van der Waals surface area contributed by atoms with Gasteiger partial charge in [0.1, 0.15) is 0 Å². The van der Waals surface area contributed by atoms with Crippen LogP contribution < -0.4 is 0 Å². The molecule has 0 N–H and O–H groups in total. The van der Waals surface area contributed by atoms with Crippen LogP contribution in [0.2, 0.25) is 6.04 Å². The Balaban J connectivity index is 1.82. The van der Waals surface area contributed by atoms with Crippen molar-refractivity contribution in [3.63, 3.8) is 0 Å². The summed E-state index contributed by atoms with van der Waals surface area (Å²) in [7, 11) is 0.746. The van der Waals surface area contributed by atoms with Gasteiger partial charge in [0.2, 0.25) is 9.76 Å². The summed E-state index contributed by atoms with van der Waals surface area (Å²) < 4.78 is 6.35. The highest BCUT2D eigenvalue weighted by Crippen LogP contribution is 2.38. The fourth-order valence-corrected chi connectivity index (χ4v) is 4.47. The molecule has 2 saturated carbocycles. The summed E-state index contributed by atoms with van der Waals surface area (Å²) in [5.74, 6) is 2.59. The van der Waals surface area contributed by atoms with Crippen LogP contribution in [0, 0.1) is 17.8 Å². The molecule has 2 aliphatic rings. The average Bonchev–Trinajstić information content (AvgIpc) is 2.97. The third-order valence-electron chi connectivity index (χ3n) is 4.44. The maximum atomic E-state index is 6.35. The molecule has 0 aliphatic heterocycles. The molecule has 0 atom stereocenters. The van der Waals surface area contributed by atoms with Crippen molar-refractivity contribution in [3.8, 4) is 0 Å². The maximum Gasteiger partial charge on any atom is 0.230 e. The van der Waals surface area contributed by atoms with E-state index in [1.54, 1.807) is 0 Å². The molecule has 0 spiro atoms.